The van der Waals surface area contributed by atoms with E-state index in [9.17, 15) is 15.0 Å². The number of carboxylic acids is 1. The zero-order chi connectivity index (χ0) is 9.85. The molecule has 0 unspecified atom stereocenters. The molecule has 0 heterocycles. The van der Waals surface area contributed by atoms with Gasteiger partial charge in [-0.2, -0.15) is 0 Å². The molecule has 3 heteroatoms. The topological polar surface area (TPSA) is 57.5 Å². The molecule has 2 N–H and O–H groups in total. The van der Waals surface area contributed by atoms with Crippen LogP contribution in [-0.2, 0) is 4.79 Å². The van der Waals surface area contributed by atoms with Crippen LogP contribution < -0.4 is 0 Å². The van der Waals surface area contributed by atoms with Crippen LogP contribution in [0.25, 0.3) is 0 Å². The average molecular weight is 184 g/mol. The minimum atomic E-state index is -1.01. The largest absolute Gasteiger partial charge is 0.481 e. The third-order valence-electron chi connectivity index (χ3n) is 4.54. The summed E-state index contributed by atoms with van der Waals surface area (Å²) < 4.78 is 0. The van der Waals surface area contributed by atoms with Crippen LogP contribution in [0.3, 0.4) is 0 Å². The van der Waals surface area contributed by atoms with Gasteiger partial charge in [0.05, 0.1) is 11.0 Å². The molecule has 2 rings (SSSR count). The molecule has 2 aliphatic rings. The fourth-order valence-electron chi connectivity index (χ4n) is 3.24. The summed E-state index contributed by atoms with van der Waals surface area (Å²) in [6, 6.07) is 0. The maximum absolute atomic E-state index is 11.2. The van der Waals surface area contributed by atoms with Crippen LogP contribution >= 0.6 is 0 Å². The van der Waals surface area contributed by atoms with Crippen molar-refractivity contribution in [1.29, 1.82) is 0 Å². The van der Waals surface area contributed by atoms with Gasteiger partial charge in [0.15, 0.2) is 0 Å². The number of hydrogen-bond donors (Lipinski definition) is 2. The van der Waals surface area contributed by atoms with Gasteiger partial charge in [-0.25, -0.2) is 0 Å². The van der Waals surface area contributed by atoms with E-state index < -0.39 is 17.0 Å². The summed E-state index contributed by atoms with van der Waals surface area (Å²) in [6.07, 6.45) is 2.83. The fraction of sp³-hybridized carbons (Fsp3) is 0.900. The van der Waals surface area contributed by atoms with E-state index >= 15 is 0 Å². The highest BCUT2D eigenvalue weighted by Crippen LogP contribution is 2.61. The lowest BCUT2D eigenvalue weighted by atomic mass is 9.65. The Hall–Kier alpha value is -0.570. The molecule has 0 aromatic carbocycles. The Kier molecular flexibility index (Phi) is 1.57. The molecular weight excluding hydrogens is 168 g/mol. The number of aliphatic carboxylic acids is 1. The minimum Gasteiger partial charge on any atom is -0.481 e. The highest BCUT2D eigenvalue weighted by Gasteiger charge is 2.66. The first-order valence-electron chi connectivity index (χ1n) is 4.86. The molecular formula is C10H16O3. The Labute approximate surface area is 77.8 Å². The lowest BCUT2D eigenvalue weighted by Gasteiger charge is -2.42. The zero-order valence-electron chi connectivity index (χ0n) is 8.08. The molecule has 4 atom stereocenters. The molecule has 3 nitrogen and oxygen atoms in total. The fourth-order valence-corrected chi connectivity index (χ4v) is 3.24. The number of aliphatic hydroxyl groups is 1. The van der Waals surface area contributed by atoms with Crippen molar-refractivity contribution in [3.63, 3.8) is 0 Å². The summed E-state index contributed by atoms with van der Waals surface area (Å²) >= 11 is 0. The summed E-state index contributed by atoms with van der Waals surface area (Å²) in [6.45, 7) is 3.38. The van der Waals surface area contributed by atoms with Crippen LogP contribution in [-0.4, -0.2) is 21.8 Å². The van der Waals surface area contributed by atoms with E-state index in [0.29, 0.717) is 0 Å². The van der Waals surface area contributed by atoms with E-state index in [1.807, 2.05) is 0 Å². The Morgan fingerprint density at radius 1 is 1.31 bits per heavy atom. The summed E-state index contributed by atoms with van der Waals surface area (Å²) in [7, 11) is 0. The predicted octanol–water partition coefficient (Wildman–Crippen LogP) is 1.26. The average Bonchev–Trinajstić information content (AvgIpc) is 2.54. The van der Waals surface area contributed by atoms with E-state index in [1.165, 1.54) is 0 Å². The monoisotopic (exact) mass is 184 g/mol. The Morgan fingerprint density at radius 2 is 1.85 bits per heavy atom. The van der Waals surface area contributed by atoms with Gasteiger partial charge in [-0.1, -0.05) is 0 Å². The Balaban J connectivity index is 2.43. The van der Waals surface area contributed by atoms with Crippen LogP contribution in [0.1, 0.15) is 33.1 Å². The number of carboxylic acid groups (broad SMARTS) is 1. The maximum atomic E-state index is 11.2. The Bertz CT molecular complexity index is 259. The summed E-state index contributed by atoms with van der Waals surface area (Å²) in [5.74, 6) is -0.478. The van der Waals surface area contributed by atoms with Gasteiger partial charge in [-0.15, -0.1) is 0 Å². The second-order valence-electron chi connectivity index (χ2n) is 4.86. The molecule has 0 spiro atoms. The van der Waals surface area contributed by atoms with Gasteiger partial charge in [-0.05, 0) is 44.9 Å². The van der Waals surface area contributed by atoms with Crippen molar-refractivity contribution in [2.24, 2.45) is 17.3 Å². The number of rotatable bonds is 1. The number of carbonyl (C=O) groups is 1. The van der Waals surface area contributed by atoms with E-state index in [4.69, 9.17) is 0 Å². The number of fused-ring (bicyclic) bond motifs is 2. The molecule has 0 radical (unpaired) electrons. The maximum Gasteiger partial charge on any atom is 0.312 e. The van der Waals surface area contributed by atoms with E-state index in [-0.39, 0.29) is 11.8 Å². The molecule has 2 fully saturated rings. The smallest absolute Gasteiger partial charge is 0.312 e. The highest BCUT2D eigenvalue weighted by atomic mass is 16.4. The summed E-state index contributed by atoms with van der Waals surface area (Å²) in [5, 5.41) is 19.4. The van der Waals surface area contributed by atoms with Crippen molar-refractivity contribution in [3.05, 3.63) is 0 Å². The molecule has 74 valence electrons. The Morgan fingerprint density at radius 3 is 2.15 bits per heavy atom. The van der Waals surface area contributed by atoms with Crippen molar-refractivity contribution in [1.82, 2.24) is 0 Å². The lowest BCUT2D eigenvalue weighted by Crippen LogP contribution is -2.53. The first-order valence-corrected chi connectivity index (χ1v) is 4.86. The van der Waals surface area contributed by atoms with Crippen molar-refractivity contribution in [3.8, 4) is 0 Å². The molecule has 0 saturated heterocycles. The van der Waals surface area contributed by atoms with Gasteiger partial charge in [0.25, 0.3) is 0 Å². The van der Waals surface area contributed by atoms with E-state index in [2.05, 4.69) is 0 Å². The van der Waals surface area contributed by atoms with E-state index in [1.54, 1.807) is 13.8 Å². The molecule has 2 saturated carbocycles. The molecule has 0 aliphatic heterocycles. The lowest BCUT2D eigenvalue weighted by molar-refractivity contribution is -0.173. The molecule has 0 aromatic rings. The molecule has 13 heavy (non-hydrogen) atoms. The van der Waals surface area contributed by atoms with Gasteiger partial charge in [0.2, 0.25) is 0 Å². The highest BCUT2D eigenvalue weighted by molar-refractivity contribution is 5.77. The molecule has 2 aliphatic carbocycles. The van der Waals surface area contributed by atoms with Crippen LogP contribution in [0.15, 0.2) is 0 Å². The van der Waals surface area contributed by atoms with Crippen molar-refractivity contribution in [2.75, 3.05) is 0 Å². The van der Waals surface area contributed by atoms with Gasteiger partial charge in [0.1, 0.15) is 0 Å². The van der Waals surface area contributed by atoms with Crippen molar-refractivity contribution >= 4 is 5.97 Å². The first kappa shape index (κ1) is 9.00. The minimum absolute atomic E-state index is 0.171. The quantitative estimate of drug-likeness (QED) is 0.645. The van der Waals surface area contributed by atoms with Gasteiger partial charge >= 0.3 is 5.97 Å². The first-order chi connectivity index (χ1) is 5.90. The van der Waals surface area contributed by atoms with Crippen LogP contribution in [0.4, 0.5) is 0 Å². The summed E-state index contributed by atoms with van der Waals surface area (Å²) in [4.78, 5) is 11.2. The molecule has 2 bridgehead atoms. The van der Waals surface area contributed by atoms with Crippen LogP contribution in [0.2, 0.25) is 0 Å². The van der Waals surface area contributed by atoms with Crippen LogP contribution in [0.5, 0.6) is 0 Å². The normalized spacial score (nSPS) is 54.1. The molecule has 0 amide bonds. The van der Waals surface area contributed by atoms with Gasteiger partial charge in [0, 0.05) is 0 Å². The second kappa shape index (κ2) is 2.27. The van der Waals surface area contributed by atoms with E-state index in [0.717, 1.165) is 19.3 Å². The molecule has 0 aromatic heterocycles. The van der Waals surface area contributed by atoms with Crippen molar-refractivity contribution in [2.45, 2.75) is 38.7 Å². The van der Waals surface area contributed by atoms with Crippen molar-refractivity contribution < 1.29 is 15.0 Å². The second-order valence-corrected chi connectivity index (χ2v) is 4.86. The number of hydrogen-bond acceptors (Lipinski definition) is 2. The summed E-state index contributed by atoms with van der Waals surface area (Å²) in [5.41, 5.74) is -1.93. The zero-order valence-corrected chi connectivity index (χ0v) is 8.08. The SMILES string of the molecule is C[C@]1(O)[C@@H]2CC[C@@H](C2)[C@@]1(C)C(=O)O. The third-order valence-corrected chi connectivity index (χ3v) is 4.54. The van der Waals surface area contributed by atoms with Crippen LogP contribution in [0, 0.1) is 17.3 Å². The van der Waals surface area contributed by atoms with Gasteiger partial charge < -0.3 is 10.2 Å². The third kappa shape index (κ3) is 0.810. The van der Waals surface area contributed by atoms with Gasteiger partial charge in [-0.3, -0.25) is 4.79 Å². The standard InChI is InChI=1S/C10H16O3/c1-9(8(11)12)6-3-4-7(5-6)10(9,2)13/h6-7,13H,3-5H2,1-2H3,(H,11,12)/t6-,7+,9-,10-/m0/s1. The predicted molar refractivity (Wildman–Crippen MR) is 47.2 cm³/mol.